The third-order valence-corrected chi connectivity index (χ3v) is 4.70. The first-order valence-electron chi connectivity index (χ1n) is 8.75. The van der Waals surface area contributed by atoms with Crippen LogP contribution in [0.4, 0.5) is 0 Å². The lowest BCUT2D eigenvalue weighted by Gasteiger charge is -2.37. The standard InChI is InChI=1S/C19H27N3O2/c1-2-22-11-10-20-18(22)15-21(14-17-6-4-3-5-7-17)16-19(23)8-12-24-13-9-19/h3-7,10-11,23H,2,8-9,12-16H2,1H3. The van der Waals surface area contributed by atoms with Gasteiger partial charge in [-0.2, -0.15) is 0 Å². The van der Waals surface area contributed by atoms with Crippen LogP contribution in [0.3, 0.4) is 0 Å². The minimum absolute atomic E-state index is 0.638. The Kier molecular flexibility index (Phi) is 5.66. The van der Waals surface area contributed by atoms with Gasteiger partial charge in [0.25, 0.3) is 0 Å². The Morgan fingerprint density at radius 3 is 2.67 bits per heavy atom. The van der Waals surface area contributed by atoms with Gasteiger partial charge in [-0.3, -0.25) is 4.90 Å². The van der Waals surface area contributed by atoms with E-state index in [1.807, 2.05) is 18.5 Å². The maximum absolute atomic E-state index is 10.9. The Hall–Kier alpha value is -1.69. The molecule has 1 aromatic carbocycles. The van der Waals surface area contributed by atoms with Crippen LogP contribution < -0.4 is 0 Å². The molecule has 0 spiro atoms. The number of aromatic nitrogens is 2. The Balaban J connectivity index is 1.75. The van der Waals surface area contributed by atoms with Crippen LogP contribution in [-0.4, -0.2) is 44.9 Å². The third-order valence-electron chi connectivity index (χ3n) is 4.70. The lowest BCUT2D eigenvalue weighted by Crippen LogP contribution is -2.46. The van der Waals surface area contributed by atoms with E-state index in [1.54, 1.807) is 0 Å². The number of hydrogen-bond acceptors (Lipinski definition) is 4. The summed E-state index contributed by atoms with van der Waals surface area (Å²) in [6, 6.07) is 10.4. The van der Waals surface area contributed by atoms with Gasteiger partial charge >= 0.3 is 0 Å². The number of nitrogens with zero attached hydrogens (tertiary/aromatic N) is 3. The molecule has 1 aliphatic heterocycles. The second-order valence-electron chi connectivity index (χ2n) is 6.60. The average molecular weight is 329 g/mol. The fourth-order valence-corrected chi connectivity index (χ4v) is 3.31. The first kappa shape index (κ1) is 17.1. The van der Waals surface area contributed by atoms with Crippen molar-refractivity contribution in [1.82, 2.24) is 14.5 Å². The summed E-state index contributed by atoms with van der Waals surface area (Å²) in [6.45, 7) is 6.49. The number of benzene rings is 1. The molecule has 0 saturated carbocycles. The zero-order valence-corrected chi connectivity index (χ0v) is 14.4. The minimum Gasteiger partial charge on any atom is -0.388 e. The molecule has 5 heteroatoms. The van der Waals surface area contributed by atoms with Crippen molar-refractivity contribution < 1.29 is 9.84 Å². The van der Waals surface area contributed by atoms with Crippen LogP contribution in [0.5, 0.6) is 0 Å². The van der Waals surface area contributed by atoms with E-state index in [0.29, 0.717) is 32.6 Å². The number of imidazole rings is 1. The van der Waals surface area contributed by atoms with Gasteiger partial charge in [0, 0.05) is 58.1 Å². The highest BCUT2D eigenvalue weighted by Gasteiger charge is 2.32. The molecule has 0 aliphatic carbocycles. The molecule has 0 bridgehead atoms. The van der Waals surface area contributed by atoms with Crippen molar-refractivity contribution in [3.05, 3.63) is 54.1 Å². The van der Waals surface area contributed by atoms with E-state index >= 15 is 0 Å². The Labute approximate surface area is 143 Å². The lowest BCUT2D eigenvalue weighted by atomic mass is 9.93. The van der Waals surface area contributed by atoms with Crippen LogP contribution in [0.2, 0.25) is 0 Å². The smallest absolute Gasteiger partial charge is 0.122 e. The molecular formula is C19H27N3O2. The van der Waals surface area contributed by atoms with Gasteiger partial charge in [0.15, 0.2) is 0 Å². The zero-order chi connectivity index (χ0) is 16.8. The monoisotopic (exact) mass is 329 g/mol. The molecule has 130 valence electrons. The van der Waals surface area contributed by atoms with Gasteiger partial charge in [0.2, 0.25) is 0 Å². The summed E-state index contributed by atoms with van der Waals surface area (Å²) in [6.07, 6.45) is 5.25. The quantitative estimate of drug-likeness (QED) is 0.848. The van der Waals surface area contributed by atoms with E-state index in [0.717, 1.165) is 25.5 Å². The third kappa shape index (κ3) is 4.44. The fourth-order valence-electron chi connectivity index (χ4n) is 3.31. The predicted molar refractivity (Wildman–Crippen MR) is 93.5 cm³/mol. The fraction of sp³-hybridized carbons (Fsp3) is 0.526. The molecular weight excluding hydrogens is 302 g/mol. The molecule has 1 N–H and O–H groups in total. The normalized spacial score (nSPS) is 17.3. The molecule has 2 aromatic rings. The molecule has 3 rings (SSSR count). The van der Waals surface area contributed by atoms with E-state index in [1.165, 1.54) is 5.56 Å². The molecule has 0 amide bonds. The van der Waals surface area contributed by atoms with Crippen molar-refractivity contribution in [3.8, 4) is 0 Å². The van der Waals surface area contributed by atoms with Crippen molar-refractivity contribution in [2.24, 2.45) is 0 Å². The van der Waals surface area contributed by atoms with E-state index < -0.39 is 5.60 Å². The number of aryl methyl sites for hydroxylation is 1. The zero-order valence-electron chi connectivity index (χ0n) is 14.4. The lowest BCUT2D eigenvalue weighted by molar-refractivity contribution is -0.0824. The van der Waals surface area contributed by atoms with Crippen molar-refractivity contribution in [1.29, 1.82) is 0 Å². The molecule has 1 aliphatic rings. The van der Waals surface area contributed by atoms with E-state index in [4.69, 9.17) is 4.74 Å². The molecule has 0 atom stereocenters. The van der Waals surface area contributed by atoms with Crippen LogP contribution in [0.15, 0.2) is 42.7 Å². The van der Waals surface area contributed by atoms with Gasteiger partial charge in [0.05, 0.1) is 12.1 Å². The summed E-state index contributed by atoms with van der Waals surface area (Å²) in [5, 5.41) is 10.9. The molecule has 0 radical (unpaired) electrons. The number of ether oxygens (including phenoxy) is 1. The van der Waals surface area contributed by atoms with E-state index in [-0.39, 0.29) is 0 Å². The molecule has 5 nitrogen and oxygen atoms in total. The van der Waals surface area contributed by atoms with Gasteiger partial charge in [-0.1, -0.05) is 30.3 Å². The Morgan fingerprint density at radius 1 is 1.21 bits per heavy atom. The van der Waals surface area contributed by atoms with Gasteiger partial charge < -0.3 is 14.4 Å². The summed E-state index contributed by atoms with van der Waals surface area (Å²) >= 11 is 0. The minimum atomic E-state index is -0.670. The van der Waals surface area contributed by atoms with Crippen LogP contribution in [-0.2, 0) is 24.4 Å². The summed E-state index contributed by atoms with van der Waals surface area (Å²) < 4.78 is 7.57. The maximum Gasteiger partial charge on any atom is 0.122 e. The number of rotatable bonds is 7. The highest BCUT2D eigenvalue weighted by Crippen LogP contribution is 2.23. The predicted octanol–water partition coefficient (Wildman–Crippen LogP) is 2.45. The summed E-state index contributed by atoms with van der Waals surface area (Å²) in [4.78, 5) is 6.80. The second kappa shape index (κ2) is 7.92. The van der Waals surface area contributed by atoms with Crippen LogP contribution in [0.25, 0.3) is 0 Å². The van der Waals surface area contributed by atoms with Crippen LogP contribution in [0.1, 0.15) is 31.2 Å². The Bertz CT molecular complexity index is 621. The van der Waals surface area contributed by atoms with Crippen LogP contribution in [0, 0.1) is 0 Å². The maximum atomic E-state index is 10.9. The highest BCUT2D eigenvalue weighted by molar-refractivity contribution is 5.14. The van der Waals surface area contributed by atoms with Crippen molar-refractivity contribution in [2.45, 2.75) is 45.0 Å². The van der Waals surface area contributed by atoms with Crippen LogP contribution >= 0.6 is 0 Å². The van der Waals surface area contributed by atoms with Gasteiger partial charge in [-0.25, -0.2) is 4.98 Å². The Morgan fingerprint density at radius 2 is 1.96 bits per heavy atom. The number of aliphatic hydroxyl groups is 1. The van der Waals surface area contributed by atoms with E-state index in [2.05, 4.69) is 45.6 Å². The topological polar surface area (TPSA) is 50.5 Å². The summed E-state index contributed by atoms with van der Waals surface area (Å²) in [7, 11) is 0. The average Bonchev–Trinajstić information content (AvgIpc) is 3.03. The van der Waals surface area contributed by atoms with E-state index in [9.17, 15) is 5.11 Å². The molecule has 1 fully saturated rings. The summed E-state index contributed by atoms with van der Waals surface area (Å²) in [5.41, 5.74) is 0.583. The first-order chi connectivity index (χ1) is 11.7. The molecule has 1 aromatic heterocycles. The van der Waals surface area contributed by atoms with Crippen molar-refractivity contribution in [2.75, 3.05) is 19.8 Å². The highest BCUT2D eigenvalue weighted by atomic mass is 16.5. The number of hydrogen-bond donors (Lipinski definition) is 1. The van der Waals surface area contributed by atoms with Crippen molar-refractivity contribution >= 4 is 0 Å². The van der Waals surface area contributed by atoms with Gasteiger partial charge in [-0.05, 0) is 12.5 Å². The molecule has 1 saturated heterocycles. The van der Waals surface area contributed by atoms with Gasteiger partial charge in [0.1, 0.15) is 5.82 Å². The SMILES string of the molecule is CCn1ccnc1CN(Cc1ccccc1)CC1(O)CCOCC1. The largest absolute Gasteiger partial charge is 0.388 e. The molecule has 0 unspecified atom stereocenters. The molecule has 2 heterocycles. The van der Waals surface area contributed by atoms with Crippen molar-refractivity contribution in [3.63, 3.8) is 0 Å². The van der Waals surface area contributed by atoms with Gasteiger partial charge in [-0.15, -0.1) is 0 Å². The second-order valence-corrected chi connectivity index (χ2v) is 6.60. The molecule has 24 heavy (non-hydrogen) atoms. The summed E-state index contributed by atoms with van der Waals surface area (Å²) in [5.74, 6) is 1.05. The first-order valence-corrected chi connectivity index (χ1v) is 8.75.